The number of halogens is 2. The van der Waals surface area contributed by atoms with Gasteiger partial charge in [-0.2, -0.15) is 15.3 Å². The predicted molar refractivity (Wildman–Crippen MR) is 206 cm³/mol. The van der Waals surface area contributed by atoms with E-state index in [1.54, 1.807) is 0 Å². The molecule has 2 aromatic carbocycles. The van der Waals surface area contributed by atoms with E-state index in [-0.39, 0.29) is 5.60 Å². The SMILES string of the molecule is CC.CC(C)(C)OC=O.CCl.Cc1cc(-c2c(-c3ccc4c(cnn4C)c3)nn(C3CC4(C3)CN(C)C4)c2C)c2cnn(PI)c2c1. The summed E-state index contributed by atoms with van der Waals surface area (Å²) >= 11 is 7.05. The van der Waals surface area contributed by atoms with Gasteiger partial charge in [-0.1, -0.05) is 26.0 Å². The highest BCUT2D eigenvalue weighted by Crippen LogP contribution is 2.54. The van der Waals surface area contributed by atoms with Crippen molar-refractivity contribution in [1.82, 2.24) is 34.0 Å². The van der Waals surface area contributed by atoms with Gasteiger partial charge in [-0.25, -0.2) is 4.45 Å². The van der Waals surface area contributed by atoms with E-state index in [9.17, 15) is 4.79 Å². The fourth-order valence-electron chi connectivity index (χ4n) is 6.87. The van der Waals surface area contributed by atoms with Crippen molar-refractivity contribution in [3.63, 3.8) is 0 Å². The summed E-state index contributed by atoms with van der Waals surface area (Å²) in [5.74, 6) is 0. The number of alkyl halides is 1. The minimum absolute atomic E-state index is 0.318. The standard InChI is InChI=1S/C27H29IN7P.C5H10O2.C2H6.CH3Cl/c1-16-7-21(22-13-30-35(36-28)24(22)8-16)25-17(2)34(20-10-27(11-20)14-32(3)15-27)31-26(25)18-5-6-23-19(9-18)12-29-33(23)4;1-5(2,3)7-4-6;2*1-2/h5-9,12-13,20,36H,10-11,14-15H2,1-4H3;4H,1-3H3;1-2H3;1H3. The molecular weight excluding hydrogens is 744 g/mol. The Morgan fingerprint density at radius 3 is 2.28 bits per heavy atom. The van der Waals surface area contributed by atoms with Crippen LogP contribution in [0.25, 0.3) is 44.2 Å². The van der Waals surface area contributed by atoms with Crippen molar-refractivity contribution < 1.29 is 9.53 Å². The van der Waals surface area contributed by atoms with E-state index >= 15 is 0 Å². The third-order valence-electron chi connectivity index (χ3n) is 8.65. The van der Waals surface area contributed by atoms with E-state index in [1.807, 2.05) is 58.7 Å². The average molecular weight is 792 g/mol. The second-order valence-corrected chi connectivity index (χ2v) is 15.3. The van der Waals surface area contributed by atoms with Crippen LogP contribution in [0.2, 0.25) is 0 Å². The number of carbonyl (C=O) groups excluding carboxylic acids is 1. The van der Waals surface area contributed by atoms with E-state index in [4.69, 9.17) is 10.2 Å². The van der Waals surface area contributed by atoms with Gasteiger partial charge in [0, 0.05) is 54.1 Å². The van der Waals surface area contributed by atoms with E-state index in [1.165, 1.54) is 65.6 Å². The van der Waals surface area contributed by atoms with Crippen LogP contribution in [0.5, 0.6) is 0 Å². The number of aryl methyl sites for hydroxylation is 2. The van der Waals surface area contributed by atoms with E-state index in [2.05, 4.69) is 109 Å². The lowest BCUT2D eigenvalue weighted by Crippen LogP contribution is -2.60. The second kappa shape index (κ2) is 15.3. The number of rotatable bonds is 5. The molecule has 1 aliphatic carbocycles. The van der Waals surface area contributed by atoms with Crippen LogP contribution in [-0.4, -0.2) is 72.6 Å². The predicted octanol–water partition coefficient (Wildman–Crippen LogP) is 8.97. The summed E-state index contributed by atoms with van der Waals surface area (Å²) in [4.78, 5) is 12.0. The molecule has 0 bridgehead atoms. The molecule has 4 heterocycles. The van der Waals surface area contributed by atoms with Crippen LogP contribution in [0.3, 0.4) is 0 Å². The van der Waals surface area contributed by atoms with Gasteiger partial charge in [0.05, 0.1) is 35.8 Å². The number of benzene rings is 2. The van der Waals surface area contributed by atoms with Gasteiger partial charge in [0.1, 0.15) is 11.3 Å². The normalized spacial score (nSPS) is 15.7. The fraction of sp³-hybridized carbons (Fsp3) is 0.486. The Hall–Kier alpha value is -2.53. The first-order chi connectivity index (χ1) is 22.4. The van der Waals surface area contributed by atoms with Crippen LogP contribution in [0.4, 0.5) is 0 Å². The molecule has 1 spiro atoms. The van der Waals surface area contributed by atoms with Crippen molar-refractivity contribution in [3.05, 3.63) is 54.0 Å². The van der Waals surface area contributed by atoms with Crippen LogP contribution in [0.15, 0.2) is 42.7 Å². The number of aromatic nitrogens is 6. The van der Waals surface area contributed by atoms with Gasteiger partial charge in [-0.05, 0) is 111 Å². The van der Waals surface area contributed by atoms with Crippen LogP contribution in [0.1, 0.15) is 64.8 Å². The molecule has 0 radical (unpaired) electrons. The summed E-state index contributed by atoms with van der Waals surface area (Å²) in [5, 5.41) is 16.9. The lowest BCUT2D eigenvalue weighted by atomic mass is 9.61. The molecule has 12 heteroatoms. The molecule has 5 aromatic rings. The third-order valence-corrected chi connectivity index (χ3v) is 10.5. The summed E-state index contributed by atoms with van der Waals surface area (Å²) in [5.41, 5.74) is 9.67. The molecule has 0 amide bonds. The smallest absolute Gasteiger partial charge is 0.293 e. The van der Waals surface area contributed by atoms with Crippen molar-refractivity contribution in [2.24, 2.45) is 12.5 Å². The first kappa shape index (κ1) is 37.3. The number of fused-ring (bicyclic) bond motifs is 2. The largest absolute Gasteiger partial charge is 0.462 e. The van der Waals surface area contributed by atoms with E-state index in [0.29, 0.717) is 24.3 Å². The van der Waals surface area contributed by atoms with E-state index in [0.717, 1.165) is 22.2 Å². The molecule has 7 rings (SSSR count). The maximum atomic E-state index is 9.60. The lowest BCUT2D eigenvalue weighted by Gasteiger charge is -2.58. The molecule has 1 atom stereocenters. The number of nitrogens with zero attached hydrogens (tertiary/aromatic N) is 7. The molecular formula is C35H48ClIN7O2P. The quantitative estimate of drug-likeness (QED) is 0.0766. The van der Waals surface area contributed by atoms with Gasteiger partial charge < -0.3 is 9.64 Å². The van der Waals surface area contributed by atoms with Crippen LogP contribution < -0.4 is 0 Å². The zero-order valence-corrected chi connectivity index (χ0v) is 33.1. The molecule has 1 saturated carbocycles. The highest BCUT2D eigenvalue weighted by molar-refractivity contribution is 14.2. The minimum Gasteiger partial charge on any atom is -0.462 e. The zero-order chi connectivity index (χ0) is 34.7. The van der Waals surface area contributed by atoms with Crippen molar-refractivity contribution in [2.45, 2.75) is 73.0 Å². The molecule has 2 fully saturated rings. The molecule has 1 aliphatic heterocycles. The Labute approximate surface area is 298 Å². The first-order valence-electron chi connectivity index (χ1n) is 16.0. The number of hydrogen-bond donors (Lipinski definition) is 0. The van der Waals surface area contributed by atoms with Gasteiger partial charge in [0.25, 0.3) is 6.47 Å². The number of ether oxygens (including phenoxy) is 1. The summed E-state index contributed by atoms with van der Waals surface area (Å²) in [7, 11) is 4.22. The monoisotopic (exact) mass is 791 g/mol. The molecule has 3 aromatic heterocycles. The van der Waals surface area contributed by atoms with Crippen LogP contribution in [0, 0.1) is 19.3 Å². The Kier molecular flexibility index (Phi) is 12.2. The second-order valence-electron chi connectivity index (χ2n) is 13.2. The van der Waals surface area contributed by atoms with Crippen LogP contribution in [-0.2, 0) is 16.6 Å². The van der Waals surface area contributed by atoms with Crippen LogP contribution >= 0.6 is 40.0 Å². The van der Waals surface area contributed by atoms with Crippen molar-refractivity contribution in [3.8, 4) is 22.4 Å². The molecule has 1 saturated heterocycles. The highest BCUT2D eigenvalue weighted by atomic mass is 127. The topological polar surface area (TPSA) is 83.0 Å². The minimum atomic E-state index is -0.318. The summed E-state index contributed by atoms with van der Waals surface area (Å²) in [6.07, 6.45) is 8.46. The van der Waals surface area contributed by atoms with Gasteiger partial charge in [0.15, 0.2) is 0 Å². The van der Waals surface area contributed by atoms with E-state index < -0.39 is 0 Å². The molecule has 9 nitrogen and oxygen atoms in total. The Balaban J connectivity index is 0.000000401. The third kappa shape index (κ3) is 7.71. The summed E-state index contributed by atoms with van der Waals surface area (Å²) < 4.78 is 10.9. The first-order valence-corrected chi connectivity index (χ1v) is 20.8. The van der Waals surface area contributed by atoms with Crippen molar-refractivity contribution in [1.29, 1.82) is 0 Å². The highest BCUT2D eigenvalue weighted by Gasteiger charge is 2.52. The van der Waals surface area contributed by atoms with Gasteiger partial charge in [-0.15, -0.1) is 11.6 Å². The molecule has 1 unspecified atom stereocenters. The van der Waals surface area contributed by atoms with Gasteiger partial charge >= 0.3 is 0 Å². The van der Waals surface area contributed by atoms with Crippen molar-refractivity contribution in [2.75, 3.05) is 26.5 Å². The Bertz CT molecular complexity index is 1830. The molecule has 0 N–H and O–H groups in total. The Morgan fingerprint density at radius 2 is 1.70 bits per heavy atom. The number of hydrogen-bond acceptors (Lipinski definition) is 6. The lowest BCUT2D eigenvalue weighted by molar-refractivity contribution is -0.138. The number of carbonyl (C=O) groups is 1. The van der Waals surface area contributed by atoms with Crippen molar-refractivity contribution >= 4 is 68.3 Å². The van der Waals surface area contributed by atoms with Gasteiger partial charge in [-0.3, -0.25) is 14.2 Å². The molecule has 47 heavy (non-hydrogen) atoms. The average Bonchev–Trinajstić information content (AvgIpc) is 3.70. The zero-order valence-electron chi connectivity index (χ0n) is 29.2. The maximum Gasteiger partial charge on any atom is 0.293 e. The number of likely N-dealkylation sites (tertiary alicyclic amines) is 1. The molecule has 2 aliphatic rings. The summed E-state index contributed by atoms with van der Waals surface area (Å²) in [6, 6.07) is 11.6. The molecule has 254 valence electrons. The Morgan fingerprint density at radius 1 is 1.02 bits per heavy atom. The maximum absolute atomic E-state index is 9.60. The van der Waals surface area contributed by atoms with Gasteiger partial charge in [0.2, 0.25) is 0 Å². The fourth-order valence-corrected chi connectivity index (χ4v) is 8.40. The summed E-state index contributed by atoms with van der Waals surface area (Å²) in [6.45, 7) is 16.8.